The predicted octanol–water partition coefficient (Wildman–Crippen LogP) is 6.92. The normalized spacial score (nSPS) is 17.2. The van der Waals surface area contributed by atoms with E-state index in [1.807, 2.05) is 32.0 Å². The van der Waals surface area contributed by atoms with E-state index >= 15 is 0 Å². The smallest absolute Gasteiger partial charge is 0.301 e. The van der Waals surface area contributed by atoms with Crippen LogP contribution in [0.3, 0.4) is 0 Å². The Balaban J connectivity index is 1.49. The molecule has 10 nitrogen and oxygen atoms in total. The number of aliphatic hydroxyl groups is 1. The first-order valence-corrected chi connectivity index (χ1v) is 16.2. The highest BCUT2D eigenvalue weighted by molar-refractivity contribution is 7.22. The molecular formula is C35H36N2O8S. The number of anilines is 1. The second kappa shape index (κ2) is 13.3. The van der Waals surface area contributed by atoms with Crippen molar-refractivity contribution in [2.75, 3.05) is 37.9 Å². The summed E-state index contributed by atoms with van der Waals surface area (Å²) >= 11 is 1.26. The number of benzene rings is 3. The summed E-state index contributed by atoms with van der Waals surface area (Å²) in [4.78, 5) is 33.8. The van der Waals surface area contributed by atoms with Gasteiger partial charge >= 0.3 is 5.91 Å². The SMILES string of the molecule is CCOc1ccc2nc(N3C(=O)C(=O)C(=C(O)c4ccc5c(c4)OCCO5)C3c3ccc(OCCC(C)C)c(OCC)c3)sc2c1. The van der Waals surface area contributed by atoms with Crippen LogP contribution in [0.2, 0.25) is 0 Å². The lowest BCUT2D eigenvalue weighted by molar-refractivity contribution is -0.132. The van der Waals surface area contributed by atoms with E-state index in [9.17, 15) is 14.7 Å². The van der Waals surface area contributed by atoms with E-state index in [0.29, 0.717) is 89.5 Å². The Morgan fingerprint density at radius 2 is 1.74 bits per heavy atom. The molecule has 2 aliphatic heterocycles. The summed E-state index contributed by atoms with van der Waals surface area (Å²) in [5, 5.41) is 12.0. The zero-order valence-corrected chi connectivity index (χ0v) is 27.0. The first kappa shape index (κ1) is 31.2. The molecule has 1 aromatic heterocycles. The standard InChI is InChI=1S/C35H36N2O8S/c1-5-41-23-9-10-24-29(19-23)46-35(36-24)37-31(21-7-11-25(27(17-21)42-6-2)43-14-13-20(3)4)30(33(39)34(37)40)32(38)22-8-12-26-28(18-22)45-16-15-44-26/h7-12,17-20,31,38H,5-6,13-16H2,1-4H3. The van der Waals surface area contributed by atoms with Crippen molar-refractivity contribution in [3.05, 3.63) is 71.3 Å². The Labute approximate surface area is 271 Å². The van der Waals surface area contributed by atoms with E-state index < -0.39 is 17.7 Å². The summed E-state index contributed by atoms with van der Waals surface area (Å²) in [6.45, 7) is 10.2. The van der Waals surface area contributed by atoms with Crippen molar-refractivity contribution in [1.82, 2.24) is 4.98 Å². The van der Waals surface area contributed by atoms with Gasteiger partial charge in [0.05, 0.1) is 41.7 Å². The Bertz CT molecular complexity index is 1810. The van der Waals surface area contributed by atoms with Gasteiger partial charge in [-0.2, -0.15) is 0 Å². The van der Waals surface area contributed by atoms with Crippen LogP contribution in [-0.2, 0) is 9.59 Å². The van der Waals surface area contributed by atoms with E-state index in [0.717, 1.165) is 11.1 Å². The zero-order chi connectivity index (χ0) is 32.4. The number of ketones is 1. The number of carbonyl (C=O) groups is 2. The predicted molar refractivity (Wildman–Crippen MR) is 176 cm³/mol. The molecule has 0 radical (unpaired) electrons. The van der Waals surface area contributed by atoms with Gasteiger partial charge in [0, 0.05) is 5.56 Å². The lowest BCUT2D eigenvalue weighted by Crippen LogP contribution is -2.29. The maximum Gasteiger partial charge on any atom is 0.301 e. The van der Waals surface area contributed by atoms with Crippen molar-refractivity contribution in [2.24, 2.45) is 5.92 Å². The number of hydrogen-bond donors (Lipinski definition) is 1. The largest absolute Gasteiger partial charge is 0.507 e. The minimum absolute atomic E-state index is 0.0770. The number of Topliss-reactive ketones (excluding diaryl/α,β-unsaturated/α-hetero) is 1. The van der Waals surface area contributed by atoms with Gasteiger partial charge in [-0.05, 0) is 80.3 Å². The van der Waals surface area contributed by atoms with Gasteiger partial charge in [0.25, 0.3) is 5.78 Å². The average Bonchev–Trinajstić information content (AvgIpc) is 3.58. The van der Waals surface area contributed by atoms with Crippen LogP contribution < -0.4 is 28.6 Å². The molecule has 46 heavy (non-hydrogen) atoms. The van der Waals surface area contributed by atoms with Gasteiger partial charge in [-0.15, -0.1) is 0 Å². The number of ether oxygens (including phenoxy) is 5. The van der Waals surface area contributed by atoms with Crippen LogP contribution in [0.1, 0.15) is 51.3 Å². The van der Waals surface area contributed by atoms with E-state index in [2.05, 4.69) is 13.8 Å². The number of carbonyl (C=O) groups excluding carboxylic acids is 2. The molecule has 1 unspecified atom stereocenters. The van der Waals surface area contributed by atoms with Gasteiger partial charge in [0.2, 0.25) is 0 Å². The van der Waals surface area contributed by atoms with E-state index in [-0.39, 0.29) is 11.3 Å². The fourth-order valence-electron chi connectivity index (χ4n) is 5.43. The molecule has 4 aromatic rings. The van der Waals surface area contributed by atoms with Crippen LogP contribution in [0.15, 0.2) is 60.2 Å². The molecule has 1 saturated heterocycles. The molecule has 1 atom stereocenters. The van der Waals surface area contributed by atoms with Crippen LogP contribution >= 0.6 is 11.3 Å². The third-order valence-electron chi connectivity index (χ3n) is 7.66. The van der Waals surface area contributed by atoms with Crippen molar-refractivity contribution < 1.29 is 38.4 Å². The van der Waals surface area contributed by atoms with Gasteiger partial charge in [0.15, 0.2) is 28.1 Å². The number of amides is 1. The lowest BCUT2D eigenvalue weighted by atomic mass is 9.95. The third kappa shape index (κ3) is 6.06. The fourth-order valence-corrected chi connectivity index (χ4v) is 6.45. The quantitative estimate of drug-likeness (QED) is 0.106. The van der Waals surface area contributed by atoms with Crippen LogP contribution in [0.4, 0.5) is 5.13 Å². The maximum absolute atomic E-state index is 13.9. The monoisotopic (exact) mass is 644 g/mol. The number of rotatable bonds is 11. The van der Waals surface area contributed by atoms with E-state index in [4.69, 9.17) is 28.7 Å². The van der Waals surface area contributed by atoms with Gasteiger partial charge < -0.3 is 28.8 Å². The average molecular weight is 645 g/mol. The molecule has 11 heteroatoms. The molecule has 0 saturated carbocycles. The second-order valence-corrected chi connectivity index (χ2v) is 12.3. The van der Waals surface area contributed by atoms with Crippen molar-refractivity contribution in [1.29, 1.82) is 0 Å². The van der Waals surface area contributed by atoms with Crippen molar-refractivity contribution in [3.63, 3.8) is 0 Å². The van der Waals surface area contributed by atoms with E-state index in [1.54, 1.807) is 36.4 Å². The van der Waals surface area contributed by atoms with Gasteiger partial charge in [-0.1, -0.05) is 31.3 Å². The summed E-state index contributed by atoms with van der Waals surface area (Å²) in [6, 6.07) is 14.7. The van der Waals surface area contributed by atoms with Crippen LogP contribution in [0, 0.1) is 5.92 Å². The maximum atomic E-state index is 13.9. The molecule has 2 aliphatic rings. The number of hydrogen-bond acceptors (Lipinski definition) is 10. The first-order valence-electron chi connectivity index (χ1n) is 15.4. The molecule has 3 aromatic carbocycles. The molecular weight excluding hydrogens is 608 g/mol. The third-order valence-corrected chi connectivity index (χ3v) is 8.68. The van der Waals surface area contributed by atoms with Crippen LogP contribution in [0.5, 0.6) is 28.7 Å². The Hall–Kier alpha value is -4.77. The zero-order valence-electron chi connectivity index (χ0n) is 26.2. The number of aliphatic hydroxyl groups excluding tert-OH is 1. The Kier molecular flexibility index (Phi) is 9.03. The summed E-state index contributed by atoms with van der Waals surface area (Å²) in [7, 11) is 0. The molecule has 1 fully saturated rings. The van der Waals surface area contributed by atoms with Gasteiger partial charge in [-0.3, -0.25) is 14.5 Å². The van der Waals surface area contributed by atoms with Crippen molar-refractivity contribution in [3.8, 4) is 28.7 Å². The highest BCUT2D eigenvalue weighted by Gasteiger charge is 2.48. The number of fused-ring (bicyclic) bond motifs is 2. The summed E-state index contributed by atoms with van der Waals surface area (Å²) in [6.07, 6.45) is 0.867. The molecule has 6 rings (SSSR count). The summed E-state index contributed by atoms with van der Waals surface area (Å²) < 4.78 is 29.8. The topological polar surface area (TPSA) is 117 Å². The second-order valence-electron chi connectivity index (χ2n) is 11.3. The van der Waals surface area contributed by atoms with Crippen LogP contribution in [0.25, 0.3) is 16.0 Å². The van der Waals surface area contributed by atoms with Crippen molar-refractivity contribution >= 4 is 44.1 Å². The molecule has 0 bridgehead atoms. The molecule has 240 valence electrons. The fraction of sp³-hybridized carbons (Fsp3) is 0.343. The number of thiazole rings is 1. The van der Waals surface area contributed by atoms with Crippen molar-refractivity contribution in [2.45, 2.75) is 40.2 Å². The minimum atomic E-state index is -1.01. The van der Waals surface area contributed by atoms with E-state index in [1.165, 1.54) is 16.2 Å². The van der Waals surface area contributed by atoms with Crippen LogP contribution in [-0.4, -0.2) is 54.8 Å². The molecule has 0 spiro atoms. The highest BCUT2D eigenvalue weighted by Crippen LogP contribution is 2.47. The first-order chi connectivity index (χ1) is 22.3. The minimum Gasteiger partial charge on any atom is -0.507 e. The molecule has 0 aliphatic carbocycles. The number of nitrogens with zero attached hydrogens (tertiary/aromatic N) is 2. The molecule has 1 N–H and O–H groups in total. The Morgan fingerprint density at radius 3 is 2.50 bits per heavy atom. The number of aromatic nitrogens is 1. The lowest BCUT2D eigenvalue weighted by Gasteiger charge is -2.24. The Morgan fingerprint density at radius 1 is 0.957 bits per heavy atom. The molecule has 1 amide bonds. The van der Waals surface area contributed by atoms with Gasteiger partial charge in [0.1, 0.15) is 24.7 Å². The summed E-state index contributed by atoms with van der Waals surface area (Å²) in [5.74, 6) is 1.18. The summed E-state index contributed by atoms with van der Waals surface area (Å²) in [5.41, 5.74) is 1.44. The van der Waals surface area contributed by atoms with Gasteiger partial charge in [-0.25, -0.2) is 4.98 Å². The highest BCUT2D eigenvalue weighted by atomic mass is 32.1. The molecule has 3 heterocycles.